The highest BCUT2D eigenvalue weighted by Gasteiger charge is 2.17. The summed E-state index contributed by atoms with van der Waals surface area (Å²) in [6.45, 7) is 6.17. The molecule has 2 amide bonds. The largest absolute Gasteiger partial charge is 0.350 e. The van der Waals surface area contributed by atoms with E-state index in [4.69, 9.17) is 0 Å². The number of benzene rings is 1. The molecule has 0 fully saturated rings. The number of carbonyl (C=O) groups excluding carboxylic acids is 2. The fourth-order valence-corrected chi connectivity index (χ4v) is 3.58. The summed E-state index contributed by atoms with van der Waals surface area (Å²) in [5.74, 6) is 0.516. The smallest absolute Gasteiger partial charge is 0.346 e. The minimum absolute atomic E-state index is 0.00418. The maximum absolute atomic E-state index is 12.4. The van der Waals surface area contributed by atoms with Crippen LogP contribution in [0.2, 0.25) is 0 Å². The Kier molecular flexibility index (Phi) is 6.85. The molecule has 1 N–H and O–H groups in total. The molecule has 0 saturated heterocycles. The van der Waals surface area contributed by atoms with Crippen molar-refractivity contribution in [2.24, 2.45) is 0 Å². The molecule has 29 heavy (non-hydrogen) atoms. The average Bonchev–Trinajstić information content (AvgIpc) is 2.89. The number of aryl methyl sites for hydroxylation is 1. The van der Waals surface area contributed by atoms with Crippen LogP contribution < -0.4 is 11.0 Å². The first kappa shape index (κ1) is 20.8. The highest BCUT2D eigenvalue weighted by molar-refractivity contribution is 5.94. The number of rotatable bonds is 7. The zero-order chi connectivity index (χ0) is 20.8. The monoisotopic (exact) mass is 399 g/mol. The van der Waals surface area contributed by atoms with Gasteiger partial charge in [0.2, 0.25) is 5.91 Å². The third-order valence-electron chi connectivity index (χ3n) is 5.32. The number of nitrogens with one attached hydrogen (secondary N) is 1. The molecule has 156 valence electrons. The van der Waals surface area contributed by atoms with Crippen LogP contribution in [0, 0.1) is 0 Å². The zero-order valence-corrected chi connectivity index (χ0v) is 17.2. The Bertz CT molecular complexity index is 909. The summed E-state index contributed by atoms with van der Waals surface area (Å²) in [5, 5.41) is 7.15. The fraction of sp³-hybridized carbons (Fsp3) is 0.524. The minimum Gasteiger partial charge on any atom is -0.350 e. The van der Waals surface area contributed by atoms with Crippen molar-refractivity contribution >= 4 is 11.8 Å². The van der Waals surface area contributed by atoms with Gasteiger partial charge >= 0.3 is 5.69 Å². The number of nitrogens with zero attached hydrogens (tertiary/aromatic N) is 4. The van der Waals surface area contributed by atoms with E-state index in [-0.39, 0.29) is 24.0 Å². The van der Waals surface area contributed by atoms with E-state index < -0.39 is 0 Å². The molecule has 3 rings (SSSR count). The average molecular weight is 399 g/mol. The van der Waals surface area contributed by atoms with E-state index in [1.165, 1.54) is 4.68 Å². The lowest BCUT2D eigenvalue weighted by atomic mass is 10.1. The highest BCUT2D eigenvalue weighted by Crippen LogP contribution is 2.10. The van der Waals surface area contributed by atoms with E-state index in [0.717, 1.165) is 37.1 Å². The van der Waals surface area contributed by atoms with Crippen molar-refractivity contribution in [1.29, 1.82) is 0 Å². The molecule has 0 radical (unpaired) electrons. The van der Waals surface area contributed by atoms with Gasteiger partial charge in [0, 0.05) is 38.2 Å². The van der Waals surface area contributed by atoms with Crippen LogP contribution in [0.5, 0.6) is 0 Å². The number of carbonyl (C=O) groups is 2. The first-order valence-corrected chi connectivity index (χ1v) is 10.3. The minimum atomic E-state index is -0.261. The van der Waals surface area contributed by atoms with Gasteiger partial charge in [-0.3, -0.25) is 14.2 Å². The van der Waals surface area contributed by atoms with Crippen molar-refractivity contribution in [2.45, 2.75) is 59.2 Å². The topological polar surface area (TPSA) is 89.2 Å². The van der Waals surface area contributed by atoms with E-state index >= 15 is 0 Å². The molecule has 0 atom stereocenters. The van der Waals surface area contributed by atoms with Crippen molar-refractivity contribution in [3.05, 3.63) is 51.7 Å². The molecule has 8 nitrogen and oxygen atoms in total. The zero-order valence-electron chi connectivity index (χ0n) is 17.2. The van der Waals surface area contributed by atoms with Gasteiger partial charge in [0.05, 0.1) is 0 Å². The first-order valence-electron chi connectivity index (χ1n) is 10.3. The molecule has 0 bridgehead atoms. The lowest BCUT2D eigenvalue weighted by Gasteiger charge is -2.18. The standard InChI is InChI=1S/C21H29N5O3/c1-3-24(4-2)20(28)17-11-9-16(10-12-17)14-22-19(27)15-26-21(29)25-13-7-5-6-8-18(25)23-26/h9-12H,3-8,13-15H2,1-2H3,(H,22,27). The predicted molar refractivity (Wildman–Crippen MR) is 110 cm³/mol. The van der Waals surface area contributed by atoms with Gasteiger partial charge in [-0.1, -0.05) is 18.6 Å². The summed E-state index contributed by atoms with van der Waals surface area (Å²) >= 11 is 0. The summed E-state index contributed by atoms with van der Waals surface area (Å²) in [7, 11) is 0. The van der Waals surface area contributed by atoms with E-state index in [1.54, 1.807) is 21.6 Å². The Morgan fingerprint density at radius 2 is 1.83 bits per heavy atom. The third-order valence-corrected chi connectivity index (χ3v) is 5.32. The second-order valence-corrected chi connectivity index (χ2v) is 7.27. The van der Waals surface area contributed by atoms with E-state index in [1.807, 2.05) is 26.0 Å². The Morgan fingerprint density at radius 1 is 1.10 bits per heavy atom. The van der Waals surface area contributed by atoms with Crippen LogP contribution in [0.15, 0.2) is 29.1 Å². The van der Waals surface area contributed by atoms with Gasteiger partial charge < -0.3 is 10.2 Å². The third kappa shape index (κ3) is 4.93. The summed E-state index contributed by atoms with van der Waals surface area (Å²) in [6.07, 6.45) is 3.87. The molecule has 0 aliphatic carbocycles. The van der Waals surface area contributed by atoms with Gasteiger partial charge in [0.1, 0.15) is 12.4 Å². The highest BCUT2D eigenvalue weighted by atomic mass is 16.2. The molecule has 0 unspecified atom stereocenters. The van der Waals surface area contributed by atoms with Gasteiger partial charge in [-0.05, 0) is 44.4 Å². The van der Waals surface area contributed by atoms with Crippen molar-refractivity contribution in [3.63, 3.8) is 0 Å². The molecule has 1 aromatic carbocycles. The Labute approximate surface area is 170 Å². The van der Waals surface area contributed by atoms with Crippen LogP contribution in [0.25, 0.3) is 0 Å². The summed E-state index contributed by atoms with van der Waals surface area (Å²) in [5.41, 5.74) is 1.31. The van der Waals surface area contributed by atoms with Gasteiger partial charge in [-0.15, -0.1) is 0 Å². The molecule has 0 saturated carbocycles. The van der Waals surface area contributed by atoms with E-state index in [0.29, 0.717) is 31.7 Å². The molecule has 2 aromatic rings. The number of hydrogen-bond acceptors (Lipinski definition) is 4. The van der Waals surface area contributed by atoms with Gasteiger partial charge in [-0.2, -0.15) is 5.10 Å². The molecule has 8 heteroatoms. The van der Waals surface area contributed by atoms with Crippen LogP contribution in [0.3, 0.4) is 0 Å². The Morgan fingerprint density at radius 3 is 2.52 bits per heavy atom. The second kappa shape index (κ2) is 9.54. The van der Waals surface area contributed by atoms with Crippen LogP contribution in [-0.4, -0.2) is 44.2 Å². The molecule has 1 aromatic heterocycles. The van der Waals surface area contributed by atoms with Crippen LogP contribution in [0.1, 0.15) is 54.9 Å². The second-order valence-electron chi connectivity index (χ2n) is 7.27. The maximum atomic E-state index is 12.4. The summed E-state index contributed by atoms with van der Waals surface area (Å²) in [4.78, 5) is 38.8. The lowest BCUT2D eigenvalue weighted by molar-refractivity contribution is -0.122. The molecule has 2 heterocycles. The van der Waals surface area contributed by atoms with Gasteiger partial charge in [-0.25, -0.2) is 9.48 Å². The van der Waals surface area contributed by atoms with Crippen molar-refractivity contribution in [2.75, 3.05) is 13.1 Å². The van der Waals surface area contributed by atoms with Gasteiger partial charge in [0.15, 0.2) is 0 Å². The van der Waals surface area contributed by atoms with E-state index in [2.05, 4.69) is 10.4 Å². The lowest BCUT2D eigenvalue weighted by Crippen LogP contribution is -2.33. The molecule has 0 spiro atoms. The van der Waals surface area contributed by atoms with Crippen molar-refractivity contribution < 1.29 is 9.59 Å². The summed E-state index contributed by atoms with van der Waals surface area (Å²) < 4.78 is 2.94. The van der Waals surface area contributed by atoms with Crippen LogP contribution in [0.4, 0.5) is 0 Å². The Hall–Kier alpha value is -2.90. The predicted octanol–water partition coefficient (Wildman–Crippen LogP) is 1.57. The van der Waals surface area contributed by atoms with Gasteiger partial charge in [0.25, 0.3) is 5.91 Å². The first-order chi connectivity index (χ1) is 14.0. The molecular formula is C21H29N5O3. The Balaban J connectivity index is 1.56. The number of fused-ring (bicyclic) bond motifs is 1. The van der Waals surface area contributed by atoms with Crippen LogP contribution >= 0.6 is 0 Å². The van der Waals surface area contributed by atoms with Crippen molar-refractivity contribution in [3.8, 4) is 0 Å². The molecular weight excluding hydrogens is 370 g/mol. The van der Waals surface area contributed by atoms with Crippen LogP contribution in [-0.2, 0) is 30.8 Å². The fourth-order valence-electron chi connectivity index (χ4n) is 3.58. The normalized spacial score (nSPS) is 13.4. The molecule has 1 aliphatic rings. The number of amides is 2. The number of hydrogen-bond donors (Lipinski definition) is 1. The SMILES string of the molecule is CCN(CC)C(=O)c1ccc(CNC(=O)Cn2nc3n(c2=O)CCCCC3)cc1. The molecule has 1 aliphatic heterocycles. The quantitative estimate of drug-likeness (QED) is 0.765. The van der Waals surface area contributed by atoms with E-state index in [9.17, 15) is 14.4 Å². The number of aromatic nitrogens is 3. The summed E-state index contributed by atoms with van der Waals surface area (Å²) in [6, 6.07) is 7.22. The van der Waals surface area contributed by atoms with Crippen molar-refractivity contribution in [1.82, 2.24) is 24.6 Å². The maximum Gasteiger partial charge on any atom is 0.346 e.